The molecule has 0 amide bonds. The van der Waals surface area contributed by atoms with Crippen molar-refractivity contribution in [1.82, 2.24) is 0 Å². The van der Waals surface area contributed by atoms with Crippen LogP contribution in [0.1, 0.15) is 5.56 Å². The largest absolute Gasteiger partial charge is 0.491 e. The lowest BCUT2D eigenvalue weighted by Gasteiger charge is -2.14. The zero-order valence-corrected chi connectivity index (χ0v) is 10.5. The summed E-state index contributed by atoms with van der Waals surface area (Å²) >= 11 is 0. The fourth-order valence-electron chi connectivity index (χ4n) is 1.49. The molecule has 1 N–H and O–H groups in total. The summed E-state index contributed by atoms with van der Waals surface area (Å²) in [6.45, 7) is 8.14. The molecular formula is C15H20O3. The van der Waals surface area contributed by atoms with E-state index in [4.69, 9.17) is 9.47 Å². The first-order valence-corrected chi connectivity index (χ1v) is 5.96. The van der Waals surface area contributed by atoms with E-state index in [2.05, 4.69) is 13.2 Å². The zero-order valence-electron chi connectivity index (χ0n) is 10.5. The molecule has 1 rings (SSSR count). The molecule has 0 aliphatic rings. The molecule has 0 saturated heterocycles. The molecule has 1 aromatic rings. The Balaban J connectivity index is 2.42. The lowest BCUT2D eigenvalue weighted by Crippen LogP contribution is -2.23. The number of hydrogen-bond donors (Lipinski definition) is 1. The van der Waals surface area contributed by atoms with Crippen LogP contribution in [0.4, 0.5) is 0 Å². The van der Waals surface area contributed by atoms with Crippen LogP contribution in [0, 0.1) is 0 Å². The van der Waals surface area contributed by atoms with Gasteiger partial charge in [0.05, 0.1) is 13.2 Å². The standard InChI is InChI=1S/C15H20O3/c1-3-7-13-8-5-6-9-15(13)18-12-14(16)11-17-10-4-2/h3-6,8-9,14,16H,1-2,7,10-12H2. The lowest BCUT2D eigenvalue weighted by atomic mass is 10.1. The van der Waals surface area contributed by atoms with Crippen LogP contribution in [0.25, 0.3) is 0 Å². The van der Waals surface area contributed by atoms with Gasteiger partial charge in [-0.05, 0) is 18.1 Å². The van der Waals surface area contributed by atoms with Crippen LogP contribution >= 0.6 is 0 Å². The number of allylic oxidation sites excluding steroid dienone is 1. The van der Waals surface area contributed by atoms with Gasteiger partial charge in [-0.25, -0.2) is 0 Å². The Bertz CT molecular complexity index is 374. The normalized spacial score (nSPS) is 11.8. The highest BCUT2D eigenvalue weighted by Gasteiger charge is 2.07. The molecule has 1 aromatic carbocycles. The highest BCUT2D eigenvalue weighted by atomic mass is 16.5. The zero-order chi connectivity index (χ0) is 13.2. The minimum Gasteiger partial charge on any atom is -0.491 e. The number of benzene rings is 1. The van der Waals surface area contributed by atoms with Gasteiger partial charge in [-0.15, -0.1) is 13.2 Å². The molecule has 0 fully saturated rings. The summed E-state index contributed by atoms with van der Waals surface area (Å²) in [5, 5.41) is 9.65. The molecule has 0 radical (unpaired) electrons. The van der Waals surface area contributed by atoms with Gasteiger partial charge in [-0.2, -0.15) is 0 Å². The van der Waals surface area contributed by atoms with Gasteiger partial charge in [0.25, 0.3) is 0 Å². The predicted octanol–water partition coefficient (Wildman–Crippen LogP) is 2.36. The van der Waals surface area contributed by atoms with Crippen LogP contribution in [0.3, 0.4) is 0 Å². The summed E-state index contributed by atoms with van der Waals surface area (Å²) in [7, 11) is 0. The maximum absolute atomic E-state index is 9.65. The van der Waals surface area contributed by atoms with E-state index in [-0.39, 0.29) is 13.2 Å². The van der Waals surface area contributed by atoms with E-state index in [0.29, 0.717) is 6.61 Å². The van der Waals surface area contributed by atoms with Crippen molar-refractivity contribution in [2.75, 3.05) is 19.8 Å². The Morgan fingerprint density at radius 1 is 1.17 bits per heavy atom. The minimum atomic E-state index is -0.637. The molecule has 0 saturated carbocycles. The van der Waals surface area contributed by atoms with E-state index < -0.39 is 6.10 Å². The molecule has 0 aliphatic heterocycles. The van der Waals surface area contributed by atoms with Gasteiger partial charge >= 0.3 is 0 Å². The molecule has 98 valence electrons. The van der Waals surface area contributed by atoms with Crippen LogP contribution in [-0.2, 0) is 11.2 Å². The number of aliphatic hydroxyl groups excluding tert-OH is 1. The van der Waals surface area contributed by atoms with E-state index in [0.717, 1.165) is 17.7 Å². The minimum absolute atomic E-state index is 0.214. The van der Waals surface area contributed by atoms with Gasteiger partial charge in [0, 0.05) is 0 Å². The van der Waals surface area contributed by atoms with Crippen molar-refractivity contribution in [2.24, 2.45) is 0 Å². The van der Waals surface area contributed by atoms with Crippen LogP contribution in [0.5, 0.6) is 5.75 Å². The summed E-state index contributed by atoms with van der Waals surface area (Å²) in [6.07, 6.45) is 3.58. The quantitative estimate of drug-likeness (QED) is 0.538. The monoisotopic (exact) mass is 248 g/mol. The second kappa shape index (κ2) is 8.50. The van der Waals surface area contributed by atoms with Gasteiger partial charge in [0.1, 0.15) is 18.5 Å². The SMILES string of the molecule is C=CCOCC(O)COc1ccccc1CC=C. The van der Waals surface area contributed by atoms with Crippen molar-refractivity contribution in [2.45, 2.75) is 12.5 Å². The second-order valence-electron chi connectivity index (χ2n) is 3.89. The molecule has 0 heterocycles. The molecule has 3 nitrogen and oxygen atoms in total. The van der Waals surface area contributed by atoms with Gasteiger partial charge in [0.2, 0.25) is 0 Å². The molecule has 1 unspecified atom stereocenters. The Morgan fingerprint density at radius 3 is 2.67 bits per heavy atom. The van der Waals surface area contributed by atoms with E-state index in [9.17, 15) is 5.11 Å². The van der Waals surface area contributed by atoms with Crippen molar-refractivity contribution >= 4 is 0 Å². The molecule has 18 heavy (non-hydrogen) atoms. The molecule has 0 aromatic heterocycles. The molecule has 0 bridgehead atoms. The fourth-order valence-corrected chi connectivity index (χ4v) is 1.49. The Hall–Kier alpha value is -1.58. The number of ether oxygens (including phenoxy) is 2. The Morgan fingerprint density at radius 2 is 1.94 bits per heavy atom. The van der Waals surface area contributed by atoms with Crippen molar-refractivity contribution in [1.29, 1.82) is 0 Å². The number of para-hydroxylation sites is 1. The molecular weight excluding hydrogens is 228 g/mol. The smallest absolute Gasteiger partial charge is 0.122 e. The first-order valence-electron chi connectivity index (χ1n) is 5.96. The molecule has 0 aliphatic carbocycles. The fraction of sp³-hybridized carbons (Fsp3) is 0.333. The predicted molar refractivity (Wildman–Crippen MR) is 72.9 cm³/mol. The number of aliphatic hydroxyl groups is 1. The average molecular weight is 248 g/mol. The lowest BCUT2D eigenvalue weighted by molar-refractivity contribution is 0.0212. The van der Waals surface area contributed by atoms with Gasteiger partial charge in [0.15, 0.2) is 0 Å². The van der Waals surface area contributed by atoms with Gasteiger partial charge in [-0.3, -0.25) is 0 Å². The maximum atomic E-state index is 9.65. The Kier molecular flexibility index (Phi) is 6.84. The summed E-state index contributed by atoms with van der Waals surface area (Å²) in [6, 6.07) is 7.73. The van der Waals surface area contributed by atoms with Crippen LogP contribution in [0.2, 0.25) is 0 Å². The first kappa shape index (κ1) is 14.5. The van der Waals surface area contributed by atoms with Crippen molar-refractivity contribution in [3.8, 4) is 5.75 Å². The van der Waals surface area contributed by atoms with E-state index in [1.165, 1.54) is 0 Å². The molecule has 1 atom stereocenters. The maximum Gasteiger partial charge on any atom is 0.122 e. The van der Waals surface area contributed by atoms with Crippen molar-refractivity contribution in [3.05, 3.63) is 55.1 Å². The highest BCUT2D eigenvalue weighted by molar-refractivity contribution is 5.34. The summed E-state index contributed by atoms with van der Waals surface area (Å²) in [4.78, 5) is 0. The topological polar surface area (TPSA) is 38.7 Å². The van der Waals surface area contributed by atoms with Gasteiger partial charge < -0.3 is 14.6 Å². The number of rotatable bonds is 9. The number of hydrogen-bond acceptors (Lipinski definition) is 3. The average Bonchev–Trinajstić information content (AvgIpc) is 2.38. The summed E-state index contributed by atoms with van der Waals surface area (Å²) in [5.41, 5.74) is 1.06. The second-order valence-corrected chi connectivity index (χ2v) is 3.89. The summed E-state index contributed by atoms with van der Waals surface area (Å²) in [5.74, 6) is 0.778. The van der Waals surface area contributed by atoms with Crippen LogP contribution < -0.4 is 4.74 Å². The third kappa shape index (κ3) is 5.17. The molecule has 0 spiro atoms. The third-order valence-corrected chi connectivity index (χ3v) is 2.31. The van der Waals surface area contributed by atoms with E-state index in [1.54, 1.807) is 6.08 Å². The van der Waals surface area contributed by atoms with Crippen molar-refractivity contribution in [3.63, 3.8) is 0 Å². The van der Waals surface area contributed by atoms with Crippen molar-refractivity contribution < 1.29 is 14.6 Å². The van der Waals surface area contributed by atoms with Gasteiger partial charge in [-0.1, -0.05) is 30.4 Å². The van der Waals surface area contributed by atoms with Crippen LogP contribution in [0.15, 0.2) is 49.6 Å². The third-order valence-electron chi connectivity index (χ3n) is 2.31. The van der Waals surface area contributed by atoms with Crippen LogP contribution in [-0.4, -0.2) is 31.0 Å². The molecule has 3 heteroatoms. The van der Waals surface area contributed by atoms with E-state index in [1.807, 2.05) is 30.3 Å². The highest BCUT2D eigenvalue weighted by Crippen LogP contribution is 2.18. The Labute approximate surface area is 108 Å². The summed E-state index contributed by atoms with van der Waals surface area (Å²) < 4.78 is 10.7. The first-order chi connectivity index (χ1) is 8.77. The van der Waals surface area contributed by atoms with E-state index >= 15 is 0 Å².